The van der Waals surface area contributed by atoms with Crippen LogP contribution in [0.3, 0.4) is 0 Å². The molecular formula is C11H14N2O6. The topological polar surface area (TPSA) is 101 Å². The van der Waals surface area contributed by atoms with Crippen LogP contribution in [0.4, 0.5) is 5.69 Å². The molecule has 0 saturated carbocycles. The normalized spacial score (nSPS) is 9.79. The summed E-state index contributed by atoms with van der Waals surface area (Å²) in [5.74, 6) is -0.856. The van der Waals surface area contributed by atoms with Crippen molar-refractivity contribution in [2.24, 2.45) is 0 Å². The zero-order valence-corrected chi connectivity index (χ0v) is 10.6. The molecule has 1 heterocycles. The van der Waals surface area contributed by atoms with Crippen molar-refractivity contribution >= 4 is 11.7 Å². The number of carbonyl (C=O) groups is 1. The van der Waals surface area contributed by atoms with E-state index in [9.17, 15) is 14.9 Å². The quantitative estimate of drug-likeness (QED) is 0.418. The minimum Gasteiger partial charge on any atom is -0.487 e. The fourth-order valence-electron chi connectivity index (χ4n) is 1.29. The summed E-state index contributed by atoms with van der Waals surface area (Å²) in [6, 6.07) is 1.36. The fraction of sp³-hybridized carbons (Fsp3) is 0.455. The van der Waals surface area contributed by atoms with Crippen molar-refractivity contribution in [1.82, 2.24) is 4.98 Å². The monoisotopic (exact) mass is 270 g/mol. The van der Waals surface area contributed by atoms with Crippen LogP contribution in [0.2, 0.25) is 0 Å². The van der Waals surface area contributed by atoms with Gasteiger partial charge in [-0.2, -0.15) is 0 Å². The van der Waals surface area contributed by atoms with Gasteiger partial charge < -0.3 is 14.2 Å². The van der Waals surface area contributed by atoms with Crippen LogP contribution >= 0.6 is 0 Å². The SMILES string of the molecule is CCOC(=O)COc1nccc(OCC)c1[N+](=O)[O-]. The average Bonchev–Trinajstić information content (AvgIpc) is 2.37. The minimum atomic E-state index is -0.668. The highest BCUT2D eigenvalue weighted by Crippen LogP contribution is 2.34. The van der Waals surface area contributed by atoms with Crippen LogP contribution in [0.5, 0.6) is 11.6 Å². The molecule has 8 heteroatoms. The van der Waals surface area contributed by atoms with E-state index < -0.39 is 23.2 Å². The predicted octanol–water partition coefficient (Wildman–Crippen LogP) is 1.33. The lowest BCUT2D eigenvalue weighted by Gasteiger charge is -2.08. The number of esters is 1. The van der Waals surface area contributed by atoms with Gasteiger partial charge in [0.1, 0.15) is 0 Å². The molecule has 0 spiro atoms. The largest absolute Gasteiger partial charge is 0.487 e. The Morgan fingerprint density at radius 1 is 1.37 bits per heavy atom. The average molecular weight is 270 g/mol. The van der Waals surface area contributed by atoms with Gasteiger partial charge in [-0.15, -0.1) is 0 Å². The van der Waals surface area contributed by atoms with Crippen molar-refractivity contribution in [1.29, 1.82) is 0 Å². The molecule has 0 bridgehead atoms. The number of hydrogen-bond acceptors (Lipinski definition) is 7. The summed E-state index contributed by atoms with van der Waals surface area (Å²) in [4.78, 5) is 25.2. The van der Waals surface area contributed by atoms with E-state index in [0.717, 1.165) is 0 Å². The number of nitro groups is 1. The lowest BCUT2D eigenvalue weighted by atomic mass is 10.3. The van der Waals surface area contributed by atoms with Crippen molar-refractivity contribution < 1.29 is 23.9 Å². The third-order valence-electron chi connectivity index (χ3n) is 1.97. The molecule has 1 aromatic heterocycles. The fourth-order valence-corrected chi connectivity index (χ4v) is 1.29. The summed E-state index contributed by atoms with van der Waals surface area (Å²) in [5.41, 5.74) is -0.409. The van der Waals surface area contributed by atoms with Gasteiger partial charge in [0.25, 0.3) is 5.88 Å². The lowest BCUT2D eigenvalue weighted by molar-refractivity contribution is -0.387. The molecule has 0 aliphatic carbocycles. The molecule has 1 aromatic rings. The molecule has 1 rings (SSSR count). The van der Waals surface area contributed by atoms with Crippen molar-refractivity contribution in [2.75, 3.05) is 19.8 Å². The Labute approximate surface area is 109 Å². The summed E-state index contributed by atoms with van der Waals surface area (Å²) < 4.78 is 14.8. The van der Waals surface area contributed by atoms with Crippen molar-refractivity contribution in [3.63, 3.8) is 0 Å². The Bertz CT molecular complexity index is 462. The first-order valence-corrected chi connectivity index (χ1v) is 5.64. The van der Waals surface area contributed by atoms with Crippen LogP contribution in [0.25, 0.3) is 0 Å². The third kappa shape index (κ3) is 4.09. The van der Waals surface area contributed by atoms with Crippen LogP contribution in [0.1, 0.15) is 13.8 Å². The Morgan fingerprint density at radius 3 is 2.68 bits per heavy atom. The summed E-state index contributed by atoms with van der Waals surface area (Å²) in [6.45, 7) is 3.37. The van der Waals surface area contributed by atoms with E-state index >= 15 is 0 Å². The van der Waals surface area contributed by atoms with Gasteiger partial charge in [-0.25, -0.2) is 9.78 Å². The number of carbonyl (C=O) groups excluding carboxylic acids is 1. The zero-order chi connectivity index (χ0) is 14.3. The van der Waals surface area contributed by atoms with E-state index in [-0.39, 0.29) is 24.8 Å². The van der Waals surface area contributed by atoms with Crippen LogP contribution < -0.4 is 9.47 Å². The number of nitrogens with zero attached hydrogens (tertiary/aromatic N) is 2. The van der Waals surface area contributed by atoms with E-state index in [2.05, 4.69) is 9.72 Å². The standard InChI is InChI=1S/C11H14N2O6/c1-3-17-8-5-6-12-11(10(8)13(15)16)19-7-9(14)18-4-2/h5-6H,3-4,7H2,1-2H3. The van der Waals surface area contributed by atoms with Gasteiger partial charge in [-0.05, 0) is 13.8 Å². The van der Waals surface area contributed by atoms with Gasteiger partial charge in [0.05, 0.1) is 18.1 Å². The highest BCUT2D eigenvalue weighted by Gasteiger charge is 2.24. The molecule has 0 saturated heterocycles. The highest BCUT2D eigenvalue weighted by molar-refractivity contribution is 5.71. The van der Waals surface area contributed by atoms with Crippen molar-refractivity contribution in [3.05, 3.63) is 22.4 Å². The molecule has 8 nitrogen and oxygen atoms in total. The van der Waals surface area contributed by atoms with Crippen molar-refractivity contribution in [2.45, 2.75) is 13.8 Å². The molecule has 104 valence electrons. The minimum absolute atomic E-state index is 0.0429. The van der Waals surface area contributed by atoms with E-state index in [1.54, 1.807) is 13.8 Å². The van der Waals surface area contributed by atoms with E-state index in [0.29, 0.717) is 0 Å². The molecule has 0 aliphatic rings. The van der Waals surface area contributed by atoms with Crippen LogP contribution in [0, 0.1) is 10.1 Å². The number of ether oxygens (including phenoxy) is 3. The molecule has 0 amide bonds. The Kier molecular flexibility index (Phi) is 5.52. The maximum absolute atomic E-state index is 11.1. The molecule has 0 N–H and O–H groups in total. The molecule has 0 fully saturated rings. The van der Waals surface area contributed by atoms with Crippen LogP contribution in [-0.4, -0.2) is 35.7 Å². The summed E-state index contributed by atoms with van der Waals surface area (Å²) in [5, 5.41) is 11.0. The van der Waals surface area contributed by atoms with Gasteiger partial charge in [0.2, 0.25) is 5.75 Å². The summed E-state index contributed by atoms with van der Waals surface area (Å²) in [7, 11) is 0. The second-order valence-electron chi connectivity index (χ2n) is 3.25. The number of hydrogen-bond donors (Lipinski definition) is 0. The highest BCUT2D eigenvalue weighted by atomic mass is 16.6. The smallest absolute Gasteiger partial charge is 0.372 e. The van der Waals surface area contributed by atoms with Gasteiger partial charge in [0, 0.05) is 12.3 Å². The first-order valence-electron chi connectivity index (χ1n) is 5.64. The maximum Gasteiger partial charge on any atom is 0.372 e. The van der Waals surface area contributed by atoms with Gasteiger partial charge in [0.15, 0.2) is 6.61 Å². The first-order chi connectivity index (χ1) is 9.10. The zero-order valence-electron chi connectivity index (χ0n) is 10.6. The Hall–Kier alpha value is -2.38. The Balaban J connectivity index is 2.90. The maximum atomic E-state index is 11.1. The summed E-state index contributed by atoms with van der Waals surface area (Å²) in [6.07, 6.45) is 1.30. The summed E-state index contributed by atoms with van der Waals surface area (Å²) >= 11 is 0. The van der Waals surface area contributed by atoms with E-state index in [1.807, 2.05) is 0 Å². The van der Waals surface area contributed by atoms with Gasteiger partial charge in [-0.3, -0.25) is 10.1 Å². The number of rotatable bonds is 7. The third-order valence-corrected chi connectivity index (χ3v) is 1.97. The van der Waals surface area contributed by atoms with Gasteiger partial charge in [-0.1, -0.05) is 0 Å². The molecule has 0 radical (unpaired) electrons. The predicted molar refractivity (Wildman–Crippen MR) is 64.2 cm³/mol. The second kappa shape index (κ2) is 7.14. The second-order valence-corrected chi connectivity index (χ2v) is 3.25. The number of pyridine rings is 1. The molecule has 0 unspecified atom stereocenters. The molecular weight excluding hydrogens is 256 g/mol. The lowest BCUT2D eigenvalue weighted by Crippen LogP contribution is -2.16. The molecule has 0 aromatic carbocycles. The van der Waals surface area contributed by atoms with E-state index in [1.165, 1.54) is 12.3 Å². The number of aromatic nitrogens is 1. The molecule has 0 aliphatic heterocycles. The van der Waals surface area contributed by atoms with Crippen molar-refractivity contribution in [3.8, 4) is 11.6 Å². The van der Waals surface area contributed by atoms with Gasteiger partial charge >= 0.3 is 11.7 Å². The molecule has 19 heavy (non-hydrogen) atoms. The molecule has 0 atom stereocenters. The van der Waals surface area contributed by atoms with Crippen LogP contribution in [0.15, 0.2) is 12.3 Å². The first kappa shape index (κ1) is 14.7. The van der Waals surface area contributed by atoms with Crippen LogP contribution in [-0.2, 0) is 9.53 Å². The van der Waals surface area contributed by atoms with E-state index in [4.69, 9.17) is 9.47 Å². The Morgan fingerprint density at radius 2 is 2.11 bits per heavy atom.